The van der Waals surface area contributed by atoms with Gasteiger partial charge in [0.25, 0.3) is 6.92 Å². The third-order valence-electron chi connectivity index (χ3n) is 6.73. The predicted octanol–water partition coefficient (Wildman–Crippen LogP) is 8.72. The summed E-state index contributed by atoms with van der Waals surface area (Å²) in [6, 6.07) is 0. The van der Waals surface area contributed by atoms with E-state index < -0.39 is 17.4 Å². The number of hydrogen-bond acceptors (Lipinski definition) is 15. The van der Waals surface area contributed by atoms with Gasteiger partial charge in [-0.3, -0.25) is 14.2 Å². The van der Waals surface area contributed by atoms with Gasteiger partial charge in [-0.05, 0) is 88.0 Å². The van der Waals surface area contributed by atoms with Crippen LogP contribution in [0.3, 0.4) is 0 Å². The number of ketones is 3. The summed E-state index contributed by atoms with van der Waals surface area (Å²) in [5.74, 6) is 5.90. The van der Waals surface area contributed by atoms with Crippen LogP contribution < -0.4 is 0 Å². The molecule has 3 rings (SSSR count). The number of Topliss-reactive ketones (excluding diaryl/α,β-unsaturated/α-hetero) is 3. The molecule has 5 N–H and O–H groups in total. The second-order valence-electron chi connectivity index (χ2n) is 24.9. The van der Waals surface area contributed by atoms with Crippen molar-refractivity contribution in [3.8, 4) is 0 Å². The first-order valence-electron chi connectivity index (χ1n) is 23.8. The Hall–Kier alpha value is -3.63. The van der Waals surface area contributed by atoms with Crippen LogP contribution in [0.5, 0.6) is 0 Å². The van der Waals surface area contributed by atoms with Crippen molar-refractivity contribution >= 4 is 47.5 Å². The average Bonchev–Trinajstić information content (AvgIpc) is 3.79. The van der Waals surface area contributed by atoms with Crippen molar-refractivity contribution < 1.29 is 42.5 Å². The van der Waals surface area contributed by atoms with E-state index in [0.717, 1.165) is 25.0 Å². The Balaban J connectivity index is -0.000000238. The molecule has 1 atom stereocenters. The number of aryl methyl sites for hydroxylation is 1. The van der Waals surface area contributed by atoms with E-state index in [4.69, 9.17) is 19.4 Å². The number of carbonyl (C=O) groups excluding carboxylic acids is 3. The molecule has 0 aliphatic heterocycles. The van der Waals surface area contributed by atoms with Crippen LogP contribution in [0.4, 0.5) is 0 Å². The van der Waals surface area contributed by atoms with E-state index in [1.54, 1.807) is 34.6 Å². The van der Waals surface area contributed by atoms with E-state index in [2.05, 4.69) is 154 Å². The molecule has 3 heterocycles. The summed E-state index contributed by atoms with van der Waals surface area (Å²) in [6.07, 6.45) is 4.41. The fraction of sp³-hybridized carbons (Fsp3) is 0.851. The first-order chi connectivity index (χ1) is 31.3. The van der Waals surface area contributed by atoms with Crippen molar-refractivity contribution in [2.45, 2.75) is 218 Å². The summed E-state index contributed by atoms with van der Waals surface area (Å²) in [6.45, 7) is 49.2. The van der Waals surface area contributed by atoms with E-state index in [0.29, 0.717) is 18.1 Å². The van der Waals surface area contributed by atoms with Gasteiger partial charge in [0.15, 0.2) is 23.2 Å². The van der Waals surface area contributed by atoms with Crippen molar-refractivity contribution in [3.05, 3.63) is 17.5 Å². The van der Waals surface area contributed by atoms with Crippen molar-refractivity contribution in [1.29, 1.82) is 0 Å². The topological polar surface area (TPSA) is 308 Å². The number of H-pyrrole nitrogens is 1. The van der Waals surface area contributed by atoms with Crippen LogP contribution in [0.1, 0.15) is 190 Å². The molecule has 3 aromatic heterocycles. The SMILES string of the molecule is C=S(=O)(O)CC(C)(C)C.CB(O)CC(C)(C)C.CC(=O)CC(C)(C)C.CC(=O)Cn1nnc(CC(C)(C)C)n1.CC(=O)Cn1nnnc1C.CC(C)(C)CP(=O)(O)O.CC(C)(C)Cc1nn[nH]n1.CCC. The van der Waals surface area contributed by atoms with Gasteiger partial charge in [-0.2, -0.15) is 10.0 Å². The Morgan fingerprint density at radius 2 is 1.14 bits per heavy atom. The third-order valence-corrected chi connectivity index (χ3v) is 9.41. The van der Waals surface area contributed by atoms with Gasteiger partial charge in [0.2, 0.25) is 0 Å². The lowest BCUT2D eigenvalue weighted by Crippen LogP contribution is -2.19. The molecule has 0 spiro atoms. The number of nitrogens with zero attached hydrogens (tertiary/aromatic N) is 11. The molecular weight excluding hydrogens is 950 g/mol. The molecule has 0 radical (unpaired) electrons. The molecular formula is C47H100BN12O9PS. The highest BCUT2D eigenvalue weighted by Gasteiger charge is 2.23. The van der Waals surface area contributed by atoms with Gasteiger partial charge in [-0.25, -0.2) is 8.89 Å². The van der Waals surface area contributed by atoms with Crippen molar-refractivity contribution in [2.75, 3.05) is 11.9 Å². The van der Waals surface area contributed by atoms with Crippen LogP contribution in [0.2, 0.25) is 13.1 Å². The van der Waals surface area contributed by atoms with Crippen molar-refractivity contribution in [3.63, 3.8) is 0 Å². The predicted molar refractivity (Wildman–Crippen MR) is 290 cm³/mol. The maximum Gasteiger partial charge on any atom is 0.326 e. The lowest BCUT2D eigenvalue weighted by molar-refractivity contribution is -0.119. The smallest absolute Gasteiger partial charge is 0.326 e. The molecule has 0 aliphatic rings. The second-order valence-corrected chi connectivity index (χ2v) is 28.4. The minimum Gasteiger partial charge on any atom is -0.451 e. The third kappa shape index (κ3) is 70.7. The minimum atomic E-state index is -3.79. The van der Waals surface area contributed by atoms with Gasteiger partial charge in [-0.15, -0.1) is 25.5 Å². The zero-order valence-corrected chi connectivity index (χ0v) is 50.5. The van der Waals surface area contributed by atoms with Gasteiger partial charge >= 0.3 is 7.60 Å². The Morgan fingerprint density at radius 1 is 0.690 bits per heavy atom. The van der Waals surface area contributed by atoms with E-state index in [1.807, 2.05) is 27.6 Å². The summed E-state index contributed by atoms with van der Waals surface area (Å²) in [5, 5.41) is 44.9. The molecule has 71 heavy (non-hydrogen) atoms. The number of carbonyl (C=O) groups is 3. The maximum absolute atomic E-state index is 10.8. The molecule has 0 fully saturated rings. The van der Waals surface area contributed by atoms with Crippen molar-refractivity contribution in [2.24, 2.45) is 32.5 Å². The molecule has 0 aromatic carbocycles. The fourth-order valence-corrected chi connectivity index (χ4v) is 7.94. The number of nitrogens with one attached hydrogen (secondary N) is 1. The van der Waals surface area contributed by atoms with Gasteiger partial charge in [0.05, 0.1) is 16.0 Å². The molecule has 24 heteroatoms. The van der Waals surface area contributed by atoms with Crippen LogP contribution in [0.25, 0.3) is 0 Å². The highest BCUT2D eigenvalue weighted by Crippen LogP contribution is 2.41. The van der Waals surface area contributed by atoms with E-state index >= 15 is 0 Å². The van der Waals surface area contributed by atoms with Crippen LogP contribution in [-0.4, -0.2) is 127 Å². The van der Waals surface area contributed by atoms with Crippen LogP contribution >= 0.6 is 7.60 Å². The Bertz CT molecular complexity index is 2030. The van der Waals surface area contributed by atoms with E-state index in [9.17, 15) is 23.2 Å². The molecule has 416 valence electrons. The number of rotatable bonds is 10. The lowest BCUT2D eigenvalue weighted by atomic mass is 9.60. The van der Waals surface area contributed by atoms with E-state index in [1.165, 1.54) is 29.7 Å². The quantitative estimate of drug-likeness (QED) is 0.0720. The van der Waals surface area contributed by atoms with Gasteiger partial charge in [0.1, 0.15) is 24.7 Å². The highest BCUT2D eigenvalue weighted by molar-refractivity contribution is 7.95. The van der Waals surface area contributed by atoms with Crippen LogP contribution in [0, 0.1) is 39.4 Å². The normalized spacial score (nSPS) is 12.4. The first-order valence-corrected chi connectivity index (χ1v) is 27.5. The largest absolute Gasteiger partial charge is 0.451 e. The zero-order chi connectivity index (χ0) is 57.6. The second kappa shape index (κ2) is 34.7. The molecule has 21 nitrogen and oxygen atoms in total. The summed E-state index contributed by atoms with van der Waals surface area (Å²) in [5.41, 5.74) is 0.445. The average molecular weight is 1050 g/mol. The number of aromatic amines is 1. The molecule has 3 aromatic rings. The van der Waals surface area contributed by atoms with E-state index in [-0.39, 0.29) is 81.8 Å². The monoisotopic (exact) mass is 1050 g/mol. The number of hydrogen-bond donors (Lipinski definition) is 5. The van der Waals surface area contributed by atoms with Crippen LogP contribution in [-0.2, 0) is 54.7 Å². The molecule has 0 aliphatic carbocycles. The minimum absolute atomic E-state index is 0.0321. The Morgan fingerprint density at radius 3 is 1.35 bits per heavy atom. The Labute approximate surface area is 429 Å². The maximum atomic E-state index is 10.8. The highest BCUT2D eigenvalue weighted by atomic mass is 32.2. The molecule has 0 saturated carbocycles. The van der Waals surface area contributed by atoms with Gasteiger partial charge in [-0.1, -0.05) is 157 Å². The first kappa shape index (κ1) is 76.3. The van der Waals surface area contributed by atoms with Crippen LogP contribution in [0.15, 0.2) is 0 Å². The van der Waals surface area contributed by atoms with Crippen molar-refractivity contribution in [1.82, 2.24) is 61.0 Å². The number of aromatic nitrogens is 12. The molecule has 0 saturated heterocycles. The number of tetrazole rings is 3. The lowest BCUT2D eigenvalue weighted by Gasteiger charge is -2.17. The summed E-state index contributed by atoms with van der Waals surface area (Å²) in [4.78, 5) is 50.1. The summed E-state index contributed by atoms with van der Waals surface area (Å²) >= 11 is 0. The fourth-order valence-electron chi connectivity index (χ4n) is 5.35. The molecule has 1 unspecified atom stereocenters. The summed E-state index contributed by atoms with van der Waals surface area (Å²) < 4.78 is 31.2. The Kier molecular flexibility index (Phi) is 37.3. The molecule has 0 amide bonds. The van der Waals surface area contributed by atoms with Gasteiger partial charge in [0, 0.05) is 25.0 Å². The summed E-state index contributed by atoms with van der Waals surface area (Å²) in [7, 11) is -6.57. The zero-order valence-electron chi connectivity index (χ0n) is 48.8. The standard InChI is InChI=1S/C9H16N4O.C7H14O.C6H15BO.C6H12N4.C6H14O2S.C5H8N4O.C5H13O3P.C3H8/c1-7(14)6-13-11-8(10-12-13)5-9(2,3)4;1-6(8)5-7(2,3)4;1-6(2,3)5-7(4)8;1-6(2,3)4-5-7-9-10-8-5;1-6(2,3)5-9(4,7)8;1-4(10)3-9-5(2)6-7-8-9;1-5(2,3)4-9(6,7)8;1-3-2/h5-6H2,1-4H3;5H2,1-4H3;8H,5H2,1-4H3;4H2,1-3H3,(H,7,8,9,10);4-5H2,1-3H3,(H,7,8);3H2,1-2H3;4H2,1-3H3,(H2,6,7,8);3H2,1-2H3. The van der Waals surface area contributed by atoms with Gasteiger partial charge < -0.3 is 24.2 Å². The molecule has 0 bridgehead atoms.